The van der Waals surface area contributed by atoms with Gasteiger partial charge in [0.05, 0.1) is 25.4 Å². The first-order chi connectivity index (χ1) is 39.5. The summed E-state index contributed by atoms with van der Waals surface area (Å²) < 4.78 is 5.49. The predicted molar refractivity (Wildman–Crippen MR) is 352 cm³/mol. The van der Waals surface area contributed by atoms with Gasteiger partial charge in [-0.2, -0.15) is 0 Å². The van der Waals surface area contributed by atoms with Gasteiger partial charge in [-0.3, -0.25) is 9.59 Å². The number of carbonyl (C=O) groups is 2. The van der Waals surface area contributed by atoms with Gasteiger partial charge >= 0.3 is 5.97 Å². The molecule has 0 aromatic rings. The highest BCUT2D eigenvalue weighted by Gasteiger charge is 2.20. The Morgan fingerprint density at radius 2 is 0.512 bits per heavy atom. The van der Waals surface area contributed by atoms with Crippen LogP contribution < -0.4 is 5.32 Å². The minimum atomic E-state index is -0.662. The predicted octanol–water partition coefficient (Wildman–Crippen LogP) is 24.2. The van der Waals surface area contributed by atoms with Gasteiger partial charge in [0.25, 0.3) is 0 Å². The smallest absolute Gasteiger partial charge is 0.305 e. The lowest BCUT2D eigenvalue weighted by Crippen LogP contribution is -2.45. The van der Waals surface area contributed by atoms with E-state index in [1.165, 1.54) is 366 Å². The molecule has 0 rings (SSSR count). The van der Waals surface area contributed by atoms with Gasteiger partial charge in [-0.05, 0) is 25.7 Å². The van der Waals surface area contributed by atoms with E-state index in [0.717, 1.165) is 38.5 Å². The van der Waals surface area contributed by atoms with Crippen molar-refractivity contribution >= 4 is 11.9 Å². The Kier molecular flexibility index (Phi) is 69.3. The zero-order valence-corrected chi connectivity index (χ0v) is 54.9. The van der Waals surface area contributed by atoms with E-state index in [1.54, 1.807) is 0 Å². The van der Waals surface area contributed by atoms with Crippen molar-refractivity contribution in [2.45, 2.75) is 450 Å². The number of ether oxygens (including phenoxy) is 1. The number of amides is 1. The van der Waals surface area contributed by atoms with Gasteiger partial charge in [-0.1, -0.05) is 399 Å². The van der Waals surface area contributed by atoms with Crippen molar-refractivity contribution in [2.24, 2.45) is 0 Å². The second-order valence-electron chi connectivity index (χ2n) is 26.0. The van der Waals surface area contributed by atoms with Gasteiger partial charge in [0, 0.05) is 12.8 Å². The highest BCUT2D eigenvalue weighted by molar-refractivity contribution is 5.76. The van der Waals surface area contributed by atoms with Gasteiger partial charge in [0.15, 0.2) is 0 Å². The second kappa shape index (κ2) is 70.3. The first-order valence-electron chi connectivity index (χ1n) is 37.3. The van der Waals surface area contributed by atoms with E-state index in [-0.39, 0.29) is 18.5 Å². The Morgan fingerprint density at radius 3 is 0.762 bits per heavy atom. The largest absolute Gasteiger partial charge is 0.466 e. The molecule has 0 aliphatic carbocycles. The van der Waals surface area contributed by atoms with Gasteiger partial charge in [0.2, 0.25) is 5.91 Å². The van der Waals surface area contributed by atoms with Crippen molar-refractivity contribution in [3.05, 3.63) is 0 Å². The molecule has 6 heteroatoms. The van der Waals surface area contributed by atoms with Crippen molar-refractivity contribution in [3.63, 3.8) is 0 Å². The molecule has 0 radical (unpaired) electrons. The average Bonchev–Trinajstić information content (AvgIpc) is 3.46. The first-order valence-corrected chi connectivity index (χ1v) is 37.3. The summed E-state index contributed by atoms with van der Waals surface area (Å²) in [7, 11) is 0. The van der Waals surface area contributed by atoms with Crippen LogP contribution in [-0.2, 0) is 14.3 Å². The summed E-state index contributed by atoms with van der Waals surface area (Å²) in [6.07, 6.45) is 86.0. The van der Waals surface area contributed by atoms with Crippen molar-refractivity contribution in [3.8, 4) is 0 Å². The fourth-order valence-electron chi connectivity index (χ4n) is 12.2. The van der Waals surface area contributed by atoms with Crippen LogP contribution in [0.15, 0.2) is 0 Å². The third-order valence-corrected chi connectivity index (χ3v) is 17.9. The van der Waals surface area contributed by atoms with Crippen molar-refractivity contribution in [1.82, 2.24) is 5.32 Å². The molecule has 0 aromatic carbocycles. The molecule has 80 heavy (non-hydrogen) atoms. The number of hydrogen-bond donors (Lipinski definition) is 3. The zero-order valence-electron chi connectivity index (χ0n) is 54.9. The minimum Gasteiger partial charge on any atom is -0.466 e. The normalized spacial score (nSPS) is 12.4. The molecule has 0 fully saturated rings. The van der Waals surface area contributed by atoms with Crippen LogP contribution in [0.2, 0.25) is 0 Å². The molecular weight excluding hydrogens is 983 g/mol. The van der Waals surface area contributed by atoms with Gasteiger partial charge in [0.1, 0.15) is 0 Å². The number of carbonyl (C=O) groups excluding carboxylic acids is 2. The molecule has 3 N–H and O–H groups in total. The molecule has 478 valence electrons. The maximum atomic E-state index is 12.6. The third kappa shape index (κ3) is 66.0. The Balaban J connectivity index is 3.34. The molecule has 0 bridgehead atoms. The molecule has 0 aliphatic rings. The molecule has 0 aromatic heterocycles. The van der Waals surface area contributed by atoms with Crippen LogP contribution in [0.4, 0.5) is 0 Å². The van der Waals surface area contributed by atoms with E-state index < -0.39 is 12.1 Å². The van der Waals surface area contributed by atoms with Crippen LogP contribution in [0, 0.1) is 0 Å². The molecular formula is C74H147NO5. The number of aliphatic hydroxyl groups is 2. The summed E-state index contributed by atoms with van der Waals surface area (Å²) in [6, 6.07) is -0.539. The van der Waals surface area contributed by atoms with Gasteiger partial charge in [-0.25, -0.2) is 0 Å². The number of hydrogen-bond acceptors (Lipinski definition) is 5. The Bertz CT molecular complexity index is 1160. The fourth-order valence-corrected chi connectivity index (χ4v) is 12.2. The highest BCUT2D eigenvalue weighted by atomic mass is 16.5. The summed E-state index contributed by atoms with van der Waals surface area (Å²) in [5.74, 6) is -0.00406. The average molecular weight is 1130 g/mol. The maximum Gasteiger partial charge on any atom is 0.305 e. The summed E-state index contributed by atoms with van der Waals surface area (Å²) in [4.78, 5) is 24.6. The second-order valence-corrected chi connectivity index (χ2v) is 26.0. The number of esters is 1. The van der Waals surface area contributed by atoms with Crippen molar-refractivity contribution in [2.75, 3.05) is 13.2 Å². The molecule has 0 aliphatic heterocycles. The highest BCUT2D eigenvalue weighted by Crippen LogP contribution is 2.20. The number of unbranched alkanes of at least 4 members (excludes halogenated alkanes) is 60. The fraction of sp³-hybridized carbons (Fsp3) is 0.973. The van der Waals surface area contributed by atoms with E-state index in [2.05, 4.69) is 19.2 Å². The minimum absolute atomic E-state index is 0.0218. The standard InChI is InChI=1S/C74H147NO5/c1-3-5-7-9-11-13-15-17-18-19-20-21-30-33-36-39-43-46-50-54-58-62-66-72(77)71(70-76)75-73(78)67-63-59-55-51-47-44-40-37-34-31-28-26-24-22-23-25-27-29-32-35-38-41-45-49-53-57-61-65-69-80-74(79)68-64-60-56-52-48-42-16-14-12-10-8-6-4-2/h71-72,76-77H,3-70H2,1-2H3,(H,75,78). The van der Waals surface area contributed by atoms with Crippen molar-refractivity contribution in [1.29, 1.82) is 0 Å². The number of nitrogens with one attached hydrogen (secondary N) is 1. The third-order valence-electron chi connectivity index (χ3n) is 17.9. The summed E-state index contributed by atoms with van der Waals surface area (Å²) >= 11 is 0. The monoisotopic (exact) mass is 1130 g/mol. The molecule has 0 spiro atoms. The Morgan fingerprint density at radius 1 is 0.300 bits per heavy atom. The molecule has 2 atom stereocenters. The molecule has 1 amide bonds. The van der Waals surface area contributed by atoms with Crippen molar-refractivity contribution < 1.29 is 24.5 Å². The molecule has 6 nitrogen and oxygen atoms in total. The van der Waals surface area contributed by atoms with Crippen LogP contribution >= 0.6 is 0 Å². The lowest BCUT2D eigenvalue weighted by atomic mass is 10.0. The Labute approximate surface area is 502 Å². The molecule has 0 heterocycles. The van der Waals surface area contributed by atoms with Crippen LogP contribution in [-0.4, -0.2) is 47.4 Å². The van der Waals surface area contributed by atoms with E-state index in [9.17, 15) is 19.8 Å². The van der Waals surface area contributed by atoms with E-state index in [1.807, 2.05) is 0 Å². The number of aliphatic hydroxyl groups excluding tert-OH is 2. The molecule has 2 unspecified atom stereocenters. The molecule has 0 saturated carbocycles. The zero-order chi connectivity index (χ0) is 57.8. The van der Waals surface area contributed by atoms with Crippen LogP contribution in [0.1, 0.15) is 438 Å². The van der Waals surface area contributed by atoms with E-state index in [4.69, 9.17) is 4.74 Å². The summed E-state index contributed by atoms with van der Waals surface area (Å²) in [5, 5.41) is 23.4. The first kappa shape index (κ1) is 78.9. The lowest BCUT2D eigenvalue weighted by Gasteiger charge is -2.22. The summed E-state index contributed by atoms with van der Waals surface area (Å²) in [6.45, 7) is 5.01. The number of rotatable bonds is 71. The quantitative estimate of drug-likeness (QED) is 0.0417. The van der Waals surface area contributed by atoms with Gasteiger partial charge in [-0.15, -0.1) is 0 Å². The van der Waals surface area contributed by atoms with Crippen LogP contribution in [0.3, 0.4) is 0 Å². The maximum absolute atomic E-state index is 12.6. The summed E-state index contributed by atoms with van der Waals surface area (Å²) in [5.41, 5.74) is 0. The SMILES string of the molecule is CCCCCCCCCCCCCCCCCCCCCCCCC(O)C(CO)NC(=O)CCCCCCCCCCCCCCCCCCCCCCCCCCCCCCOC(=O)CCCCCCCCCCCCCCC. The topological polar surface area (TPSA) is 95.9 Å². The van der Waals surface area contributed by atoms with Crippen LogP contribution in [0.25, 0.3) is 0 Å². The van der Waals surface area contributed by atoms with E-state index >= 15 is 0 Å². The molecule has 0 saturated heterocycles. The van der Waals surface area contributed by atoms with E-state index in [0.29, 0.717) is 25.9 Å². The lowest BCUT2D eigenvalue weighted by molar-refractivity contribution is -0.143. The van der Waals surface area contributed by atoms with Crippen LogP contribution in [0.5, 0.6) is 0 Å². The van der Waals surface area contributed by atoms with Gasteiger partial charge < -0.3 is 20.3 Å². The Hall–Kier alpha value is -1.14.